The number of nitrogens with zero attached hydrogens (tertiary/aromatic N) is 4. The van der Waals surface area contributed by atoms with Crippen LogP contribution >= 0.6 is 11.8 Å². The number of guanidine groups is 1. The SMILES string of the molecule is CN=C(NC#N)NCCSCn1nc(-c2ccc(C)cc2)ccc1=O. The minimum absolute atomic E-state index is 0.127. The molecule has 2 aromatic rings. The van der Waals surface area contributed by atoms with E-state index < -0.39 is 0 Å². The Bertz CT molecular complexity index is 822. The molecule has 0 fully saturated rings. The summed E-state index contributed by atoms with van der Waals surface area (Å²) in [4.78, 5) is 15.9. The molecule has 0 radical (unpaired) electrons. The van der Waals surface area contributed by atoms with Gasteiger partial charge in [0, 0.05) is 31.0 Å². The van der Waals surface area contributed by atoms with E-state index in [0.717, 1.165) is 17.0 Å². The summed E-state index contributed by atoms with van der Waals surface area (Å²) >= 11 is 1.57. The van der Waals surface area contributed by atoms with Crippen molar-refractivity contribution in [3.63, 3.8) is 0 Å². The Morgan fingerprint density at radius 2 is 2.08 bits per heavy atom. The maximum absolute atomic E-state index is 12.0. The zero-order valence-electron chi connectivity index (χ0n) is 14.2. The van der Waals surface area contributed by atoms with Gasteiger partial charge in [-0.3, -0.25) is 15.1 Å². The predicted octanol–water partition coefficient (Wildman–Crippen LogP) is 1.56. The van der Waals surface area contributed by atoms with E-state index in [9.17, 15) is 4.79 Å². The molecular formula is C17H20N6OS. The number of aromatic nitrogens is 2. The molecule has 1 aromatic heterocycles. The van der Waals surface area contributed by atoms with Crippen molar-refractivity contribution >= 4 is 17.7 Å². The Morgan fingerprint density at radius 1 is 1.32 bits per heavy atom. The third-order valence-electron chi connectivity index (χ3n) is 3.36. The second kappa shape index (κ2) is 9.49. The average molecular weight is 356 g/mol. The van der Waals surface area contributed by atoms with Crippen LogP contribution < -0.4 is 16.2 Å². The second-order valence-electron chi connectivity index (χ2n) is 5.20. The molecule has 0 aliphatic carbocycles. The highest BCUT2D eigenvalue weighted by Gasteiger charge is 2.04. The highest BCUT2D eigenvalue weighted by Crippen LogP contribution is 2.16. The van der Waals surface area contributed by atoms with Crippen molar-refractivity contribution in [3.05, 3.63) is 52.3 Å². The highest BCUT2D eigenvalue weighted by atomic mass is 32.2. The predicted molar refractivity (Wildman–Crippen MR) is 101 cm³/mol. The van der Waals surface area contributed by atoms with Crippen LogP contribution in [-0.2, 0) is 5.88 Å². The zero-order chi connectivity index (χ0) is 18.1. The number of nitrogens with one attached hydrogen (secondary N) is 2. The molecular weight excluding hydrogens is 336 g/mol. The normalized spacial score (nSPS) is 11.0. The number of aliphatic imine (C=N–C) groups is 1. The van der Waals surface area contributed by atoms with Gasteiger partial charge in [0.15, 0.2) is 6.19 Å². The number of hydrogen-bond acceptors (Lipinski definition) is 5. The van der Waals surface area contributed by atoms with Crippen molar-refractivity contribution in [2.45, 2.75) is 12.8 Å². The average Bonchev–Trinajstić information content (AvgIpc) is 2.62. The molecule has 2 rings (SSSR count). The molecule has 0 aliphatic rings. The molecule has 2 N–H and O–H groups in total. The first-order chi connectivity index (χ1) is 12.1. The monoisotopic (exact) mass is 356 g/mol. The molecule has 1 heterocycles. The third-order valence-corrected chi connectivity index (χ3v) is 4.28. The van der Waals surface area contributed by atoms with Crippen molar-refractivity contribution in [1.29, 1.82) is 5.26 Å². The summed E-state index contributed by atoms with van der Waals surface area (Å²) in [5.74, 6) is 1.64. The van der Waals surface area contributed by atoms with E-state index in [1.54, 1.807) is 30.9 Å². The number of rotatable bonds is 6. The smallest absolute Gasteiger partial charge is 0.267 e. The molecule has 0 aliphatic heterocycles. The van der Waals surface area contributed by atoms with Gasteiger partial charge in [0.05, 0.1) is 11.6 Å². The second-order valence-corrected chi connectivity index (χ2v) is 6.27. The van der Waals surface area contributed by atoms with E-state index in [1.807, 2.05) is 37.4 Å². The molecule has 7 nitrogen and oxygen atoms in total. The van der Waals surface area contributed by atoms with Gasteiger partial charge >= 0.3 is 0 Å². The molecule has 8 heteroatoms. The Morgan fingerprint density at radius 3 is 2.76 bits per heavy atom. The number of hydrogen-bond donors (Lipinski definition) is 2. The van der Waals surface area contributed by atoms with Crippen molar-refractivity contribution < 1.29 is 0 Å². The van der Waals surface area contributed by atoms with Crippen LogP contribution in [0.25, 0.3) is 11.3 Å². The molecule has 0 atom stereocenters. The lowest BCUT2D eigenvalue weighted by Crippen LogP contribution is -2.35. The van der Waals surface area contributed by atoms with Gasteiger partial charge in [-0.05, 0) is 13.0 Å². The van der Waals surface area contributed by atoms with Gasteiger partial charge in [0.1, 0.15) is 0 Å². The lowest BCUT2D eigenvalue weighted by molar-refractivity contribution is 0.697. The van der Waals surface area contributed by atoms with E-state index in [-0.39, 0.29) is 5.56 Å². The first-order valence-corrected chi connectivity index (χ1v) is 8.88. The van der Waals surface area contributed by atoms with Gasteiger partial charge in [-0.1, -0.05) is 29.8 Å². The maximum Gasteiger partial charge on any atom is 0.267 e. The third kappa shape index (κ3) is 5.65. The first kappa shape index (κ1) is 18.5. The molecule has 1 aromatic carbocycles. The Hall–Kier alpha value is -2.79. The summed E-state index contributed by atoms with van der Waals surface area (Å²) in [5.41, 5.74) is 2.81. The van der Waals surface area contributed by atoms with Gasteiger partial charge in [0.2, 0.25) is 5.96 Å². The minimum Gasteiger partial charge on any atom is -0.355 e. The van der Waals surface area contributed by atoms with Crippen LogP contribution in [0.4, 0.5) is 0 Å². The summed E-state index contributed by atoms with van der Waals surface area (Å²) in [6.07, 6.45) is 1.81. The fourth-order valence-corrected chi connectivity index (χ4v) is 2.78. The maximum atomic E-state index is 12.0. The number of aryl methyl sites for hydroxylation is 1. The fraction of sp³-hybridized carbons (Fsp3) is 0.294. The Balaban J connectivity index is 1.92. The molecule has 0 saturated heterocycles. The van der Waals surface area contributed by atoms with Crippen LogP contribution in [-0.4, -0.2) is 35.1 Å². The molecule has 0 saturated carbocycles. The fourth-order valence-electron chi connectivity index (χ4n) is 2.04. The van der Waals surface area contributed by atoms with Crippen LogP contribution in [0, 0.1) is 18.4 Å². The molecule has 0 spiro atoms. The molecule has 25 heavy (non-hydrogen) atoms. The molecule has 0 amide bonds. The van der Waals surface area contributed by atoms with Crippen molar-refractivity contribution in [1.82, 2.24) is 20.4 Å². The van der Waals surface area contributed by atoms with Gasteiger partial charge in [-0.15, -0.1) is 11.8 Å². The van der Waals surface area contributed by atoms with Gasteiger partial charge in [-0.2, -0.15) is 10.4 Å². The lowest BCUT2D eigenvalue weighted by Gasteiger charge is -2.09. The summed E-state index contributed by atoms with van der Waals surface area (Å²) in [7, 11) is 1.60. The minimum atomic E-state index is -0.127. The van der Waals surface area contributed by atoms with E-state index in [4.69, 9.17) is 5.26 Å². The highest BCUT2D eigenvalue weighted by molar-refractivity contribution is 7.98. The Labute approximate surface area is 150 Å². The van der Waals surface area contributed by atoms with Crippen LogP contribution in [0.15, 0.2) is 46.2 Å². The van der Waals surface area contributed by atoms with Crippen LogP contribution in [0.3, 0.4) is 0 Å². The first-order valence-electron chi connectivity index (χ1n) is 7.72. The van der Waals surface area contributed by atoms with Gasteiger partial charge in [0.25, 0.3) is 5.56 Å². The van der Waals surface area contributed by atoms with Crippen molar-refractivity contribution in [3.8, 4) is 17.5 Å². The van der Waals surface area contributed by atoms with Crippen LogP contribution in [0.1, 0.15) is 5.56 Å². The lowest BCUT2D eigenvalue weighted by atomic mass is 10.1. The number of benzene rings is 1. The van der Waals surface area contributed by atoms with E-state index in [1.165, 1.54) is 10.2 Å². The van der Waals surface area contributed by atoms with Crippen molar-refractivity contribution in [2.75, 3.05) is 19.3 Å². The van der Waals surface area contributed by atoms with Crippen LogP contribution in [0.2, 0.25) is 0 Å². The van der Waals surface area contributed by atoms with E-state index in [0.29, 0.717) is 18.4 Å². The van der Waals surface area contributed by atoms with Crippen molar-refractivity contribution in [2.24, 2.45) is 4.99 Å². The standard InChI is InChI=1S/C17H20N6OS/c1-13-3-5-14(6-4-13)15-7-8-16(24)23(22-15)12-25-10-9-20-17(19-2)21-11-18/h3-8H,9-10,12H2,1-2H3,(H2,19,20,21). The van der Waals surface area contributed by atoms with E-state index in [2.05, 4.69) is 20.7 Å². The Kier molecular flexibility index (Phi) is 7.04. The number of thioether (sulfide) groups is 1. The molecule has 130 valence electrons. The largest absolute Gasteiger partial charge is 0.355 e. The summed E-state index contributed by atoms with van der Waals surface area (Å²) in [6, 6.07) is 11.3. The summed E-state index contributed by atoms with van der Waals surface area (Å²) in [5, 5.41) is 18.4. The molecule has 0 unspecified atom stereocenters. The van der Waals surface area contributed by atoms with Gasteiger partial charge < -0.3 is 5.32 Å². The quantitative estimate of drug-likeness (QED) is 0.268. The van der Waals surface area contributed by atoms with E-state index >= 15 is 0 Å². The van der Waals surface area contributed by atoms with Gasteiger partial charge in [-0.25, -0.2) is 4.68 Å². The molecule has 0 bridgehead atoms. The van der Waals surface area contributed by atoms with Crippen LogP contribution in [0.5, 0.6) is 0 Å². The number of nitriles is 1. The topological polar surface area (TPSA) is 95.1 Å². The summed E-state index contributed by atoms with van der Waals surface area (Å²) in [6.45, 7) is 2.65. The zero-order valence-corrected chi connectivity index (χ0v) is 15.0. The summed E-state index contributed by atoms with van der Waals surface area (Å²) < 4.78 is 1.46.